The highest BCUT2D eigenvalue weighted by Gasteiger charge is 2.27. The number of hydrogen-bond acceptors (Lipinski definition) is 6. The molecule has 0 spiro atoms. The van der Waals surface area contributed by atoms with Crippen molar-refractivity contribution >= 4 is 19.2 Å². The van der Waals surface area contributed by atoms with Crippen molar-refractivity contribution in [1.82, 2.24) is 0 Å². The molecule has 7 nitrogen and oxygen atoms in total. The van der Waals surface area contributed by atoms with Crippen LogP contribution < -0.4 is 15.5 Å². The number of quaternary nitrogens is 1. The Kier molecular flexibility index (Phi) is 5.94. The topological polar surface area (TPSA) is 87.8 Å². The molecule has 1 aliphatic heterocycles. The van der Waals surface area contributed by atoms with Crippen LogP contribution in [0.3, 0.4) is 0 Å². The van der Waals surface area contributed by atoms with Crippen molar-refractivity contribution in [3.63, 3.8) is 0 Å². The average molecular weight is 357 g/mol. The summed E-state index contributed by atoms with van der Waals surface area (Å²) in [4.78, 5) is 14.1. The Morgan fingerprint density at radius 2 is 2.12 bits per heavy atom. The van der Waals surface area contributed by atoms with E-state index in [-0.39, 0.29) is 12.7 Å². The zero-order chi connectivity index (χ0) is 18.0. The molecule has 136 valence electrons. The van der Waals surface area contributed by atoms with Gasteiger partial charge in [0, 0.05) is 24.5 Å². The molecule has 24 heavy (non-hydrogen) atoms. The maximum absolute atomic E-state index is 12.0. The van der Waals surface area contributed by atoms with E-state index in [1.54, 1.807) is 0 Å². The van der Waals surface area contributed by atoms with Gasteiger partial charge in [-0.2, -0.15) is 0 Å². The molecule has 1 heterocycles. The van der Waals surface area contributed by atoms with E-state index in [2.05, 4.69) is 4.90 Å². The van der Waals surface area contributed by atoms with Crippen molar-refractivity contribution in [3.05, 3.63) is 23.8 Å². The van der Waals surface area contributed by atoms with Crippen LogP contribution in [0.5, 0.6) is 0 Å². The minimum Gasteiger partial charge on any atom is -0.756 e. The van der Waals surface area contributed by atoms with Gasteiger partial charge in [0.25, 0.3) is 7.82 Å². The van der Waals surface area contributed by atoms with Crippen molar-refractivity contribution in [1.29, 1.82) is 0 Å². The predicted octanol–water partition coefficient (Wildman–Crippen LogP) is 1.36. The molecule has 0 amide bonds. The maximum atomic E-state index is 12.0. The summed E-state index contributed by atoms with van der Waals surface area (Å²) in [6.45, 7) is 3.94. The van der Waals surface area contributed by atoms with Gasteiger partial charge in [0.15, 0.2) is 0 Å². The lowest BCUT2D eigenvalue weighted by atomic mass is 10.2. The molecule has 1 fully saturated rings. The third-order valence-electron chi connectivity index (χ3n) is 4.05. The maximum Gasteiger partial charge on any atom is 0.268 e. The van der Waals surface area contributed by atoms with Gasteiger partial charge in [-0.15, -0.1) is 0 Å². The zero-order valence-electron chi connectivity index (χ0n) is 14.9. The van der Waals surface area contributed by atoms with Crippen LogP contribution in [0.15, 0.2) is 18.2 Å². The molecule has 1 aromatic rings. The third kappa shape index (κ3) is 5.76. The second-order valence-corrected chi connectivity index (χ2v) is 8.66. The van der Waals surface area contributed by atoms with E-state index in [9.17, 15) is 9.46 Å². The number of rotatable bonds is 7. The predicted molar refractivity (Wildman–Crippen MR) is 93.8 cm³/mol. The molecule has 0 bridgehead atoms. The molecular formula is C16H28N3O4P. The Labute approximate surface area is 144 Å². The summed E-state index contributed by atoms with van der Waals surface area (Å²) >= 11 is 0. The highest BCUT2D eigenvalue weighted by molar-refractivity contribution is 7.45. The highest BCUT2D eigenvalue weighted by atomic mass is 31.2. The molecule has 1 saturated heterocycles. The monoisotopic (exact) mass is 357 g/mol. The molecule has 1 aromatic carbocycles. The average Bonchev–Trinajstić information content (AvgIpc) is 2.87. The van der Waals surface area contributed by atoms with Crippen LogP contribution in [0.4, 0.5) is 11.4 Å². The van der Waals surface area contributed by atoms with E-state index < -0.39 is 7.82 Å². The number of phosphoric ester groups is 1. The molecule has 2 rings (SSSR count). The van der Waals surface area contributed by atoms with Crippen molar-refractivity contribution in [3.8, 4) is 0 Å². The largest absolute Gasteiger partial charge is 0.756 e. The number of aryl methyl sites for hydroxylation is 1. The molecule has 0 aliphatic carbocycles. The number of hydrogen-bond donors (Lipinski definition) is 1. The summed E-state index contributed by atoms with van der Waals surface area (Å²) in [7, 11) is 1.66. The summed E-state index contributed by atoms with van der Waals surface area (Å²) in [6, 6.07) is 5.82. The van der Waals surface area contributed by atoms with E-state index >= 15 is 0 Å². The van der Waals surface area contributed by atoms with Gasteiger partial charge >= 0.3 is 0 Å². The van der Waals surface area contributed by atoms with Gasteiger partial charge in [-0.05, 0) is 37.1 Å². The second kappa shape index (κ2) is 7.42. The fraction of sp³-hybridized carbons (Fsp3) is 0.625. The second-order valence-electron chi connectivity index (χ2n) is 7.30. The van der Waals surface area contributed by atoms with Crippen LogP contribution in [0.2, 0.25) is 0 Å². The van der Waals surface area contributed by atoms with E-state index in [0.29, 0.717) is 24.0 Å². The molecule has 0 radical (unpaired) electrons. The highest BCUT2D eigenvalue weighted by Crippen LogP contribution is 2.41. The Balaban J connectivity index is 1.86. The normalized spacial score (nSPS) is 21.0. The smallest absolute Gasteiger partial charge is 0.268 e. The lowest BCUT2D eigenvalue weighted by Crippen LogP contribution is -2.37. The quantitative estimate of drug-likeness (QED) is 0.450. The molecule has 1 aliphatic rings. The van der Waals surface area contributed by atoms with Gasteiger partial charge in [0.05, 0.1) is 27.2 Å². The number of nitrogens with zero attached hydrogens (tertiary/aromatic N) is 2. The van der Waals surface area contributed by atoms with Crippen molar-refractivity contribution in [2.45, 2.75) is 19.4 Å². The van der Waals surface area contributed by atoms with Crippen molar-refractivity contribution < 1.29 is 23.0 Å². The summed E-state index contributed by atoms with van der Waals surface area (Å²) in [5.41, 5.74) is 8.62. The minimum absolute atomic E-state index is 0.123. The number of phosphoric acid groups is 1. The van der Waals surface area contributed by atoms with Gasteiger partial charge in [0.2, 0.25) is 0 Å². The summed E-state index contributed by atoms with van der Waals surface area (Å²) < 4.78 is 22.8. The fourth-order valence-corrected chi connectivity index (χ4v) is 3.45. The Morgan fingerprint density at radius 1 is 1.42 bits per heavy atom. The van der Waals surface area contributed by atoms with Crippen LogP contribution in [0.1, 0.15) is 12.0 Å². The standard InChI is InChI=1S/C16H28N3O4P/c1-13-11-14(5-6-16(13)17)18-8-7-15(12-18)23-24(20,21)22-10-9-19(2,3)4/h5-6,11,15H,7-10,12,17H2,1-4H3. The minimum atomic E-state index is -4.27. The lowest BCUT2D eigenvalue weighted by Gasteiger charge is -2.29. The van der Waals surface area contributed by atoms with Crippen LogP contribution in [-0.4, -0.2) is 58.0 Å². The summed E-state index contributed by atoms with van der Waals surface area (Å²) in [5, 5.41) is 0. The summed E-state index contributed by atoms with van der Waals surface area (Å²) in [5.74, 6) is 0. The van der Waals surface area contributed by atoms with E-state index in [0.717, 1.165) is 23.5 Å². The van der Waals surface area contributed by atoms with Crippen molar-refractivity contribution in [2.75, 3.05) is 58.0 Å². The summed E-state index contributed by atoms with van der Waals surface area (Å²) in [6.07, 6.45) is 0.268. The molecule has 2 N–H and O–H groups in total. The molecular weight excluding hydrogens is 329 g/mol. The zero-order valence-corrected chi connectivity index (χ0v) is 15.8. The van der Waals surface area contributed by atoms with Gasteiger partial charge < -0.3 is 29.1 Å². The van der Waals surface area contributed by atoms with Gasteiger partial charge in [0.1, 0.15) is 13.2 Å². The van der Waals surface area contributed by atoms with Crippen LogP contribution in [0, 0.1) is 6.92 Å². The first-order valence-electron chi connectivity index (χ1n) is 8.11. The van der Waals surface area contributed by atoms with E-state index in [4.69, 9.17) is 14.8 Å². The lowest BCUT2D eigenvalue weighted by molar-refractivity contribution is -0.870. The first-order chi connectivity index (χ1) is 11.1. The molecule has 2 atom stereocenters. The van der Waals surface area contributed by atoms with Crippen LogP contribution >= 0.6 is 7.82 Å². The fourth-order valence-electron chi connectivity index (χ4n) is 2.54. The van der Waals surface area contributed by atoms with Gasteiger partial charge in [-0.3, -0.25) is 4.57 Å². The molecule has 2 unspecified atom stereocenters. The first kappa shape index (κ1) is 19.2. The number of anilines is 2. The number of nitrogens with two attached hydrogens (primary N) is 1. The third-order valence-corrected chi connectivity index (χ3v) is 5.11. The Bertz CT molecular complexity index is 618. The van der Waals surface area contributed by atoms with E-state index in [1.165, 1.54) is 0 Å². The van der Waals surface area contributed by atoms with Crippen molar-refractivity contribution in [2.24, 2.45) is 0 Å². The Hall–Kier alpha value is -1.11. The molecule has 0 saturated carbocycles. The van der Waals surface area contributed by atoms with Crippen LogP contribution in [0.25, 0.3) is 0 Å². The number of likely N-dealkylation sites (N-methyl/N-ethyl adjacent to an activating group) is 1. The van der Waals surface area contributed by atoms with Crippen LogP contribution in [-0.2, 0) is 13.6 Å². The van der Waals surface area contributed by atoms with Gasteiger partial charge in [-0.25, -0.2) is 0 Å². The molecule has 8 heteroatoms. The van der Waals surface area contributed by atoms with E-state index in [1.807, 2.05) is 46.3 Å². The van der Waals surface area contributed by atoms with Gasteiger partial charge in [-0.1, -0.05) is 0 Å². The SMILES string of the molecule is Cc1cc(N2CCC(OP(=O)([O-])OCC[N+](C)(C)C)C2)ccc1N. The Morgan fingerprint density at radius 3 is 2.75 bits per heavy atom. The molecule has 0 aromatic heterocycles. The number of benzene rings is 1. The number of nitrogen functional groups attached to an aromatic ring is 1. The first-order valence-corrected chi connectivity index (χ1v) is 9.57.